The Morgan fingerprint density at radius 2 is 1.65 bits per heavy atom. The van der Waals surface area contributed by atoms with Gasteiger partial charge in [0.05, 0.1) is 23.2 Å². The van der Waals surface area contributed by atoms with Crippen molar-refractivity contribution in [3.8, 4) is 5.75 Å². The molecule has 5 saturated carbocycles. The van der Waals surface area contributed by atoms with Crippen LogP contribution in [-0.4, -0.2) is 93.4 Å². The molecular weight excluding hydrogens is 1060 g/mol. The maximum absolute atomic E-state index is 16.5. The summed E-state index contributed by atoms with van der Waals surface area (Å²) in [5.74, 6) is 1.41. The van der Waals surface area contributed by atoms with Gasteiger partial charge in [-0.2, -0.15) is 0 Å². The van der Waals surface area contributed by atoms with Crippen LogP contribution in [-0.2, 0) is 27.3 Å². The number of aliphatic hydroxyl groups excluding tert-OH is 3. The summed E-state index contributed by atoms with van der Waals surface area (Å²) in [5, 5.41) is 68.6. The van der Waals surface area contributed by atoms with E-state index in [1.54, 1.807) is 0 Å². The molecule has 11 heteroatoms. The number of rotatable bonds is 15. The first-order valence-electron chi connectivity index (χ1n) is 34.3. The topological polar surface area (TPSA) is 198 Å². The lowest BCUT2D eigenvalue weighted by Gasteiger charge is -2.75. The zero-order valence-corrected chi connectivity index (χ0v) is 53.4. The summed E-state index contributed by atoms with van der Waals surface area (Å²) in [6.45, 7) is 19.4. The lowest BCUT2D eigenvalue weighted by molar-refractivity contribution is -0.243. The Bertz CT molecular complexity index is 2900. The second-order valence-corrected chi connectivity index (χ2v) is 32.2. The smallest absolute Gasteiger partial charge is 0.160 e. The average Bonchev–Trinajstić information content (AvgIpc) is 1.61. The number of hydrogen-bond acceptors (Lipinski definition) is 11. The first-order valence-corrected chi connectivity index (χ1v) is 34.3. The van der Waals surface area contributed by atoms with Crippen molar-refractivity contribution in [1.82, 2.24) is 10.6 Å². The van der Waals surface area contributed by atoms with Gasteiger partial charge in [-0.1, -0.05) is 97.1 Å². The van der Waals surface area contributed by atoms with E-state index >= 15 is 9.59 Å². The van der Waals surface area contributed by atoms with Crippen molar-refractivity contribution in [1.29, 1.82) is 0 Å². The molecule has 2 aromatic carbocycles. The Hall–Kier alpha value is -3.42. The van der Waals surface area contributed by atoms with E-state index in [0.29, 0.717) is 63.5 Å². The van der Waals surface area contributed by atoms with E-state index in [1.807, 2.05) is 26.1 Å². The normalized spacial score (nSPS) is 43.6. The molecule has 7 fully saturated rings. The number of phenolic OH excluding ortho intramolecular Hbond substituents is 1. The Kier molecular flexibility index (Phi) is 16.8. The highest BCUT2D eigenvalue weighted by Gasteiger charge is 2.78. The molecule has 2 spiro atoms. The minimum absolute atomic E-state index is 0.00203. The highest BCUT2D eigenvalue weighted by molar-refractivity contribution is 6.01. The minimum Gasteiger partial charge on any atom is -0.508 e. The molecule has 0 unspecified atom stereocenters. The van der Waals surface area contributed by atoms with Gasteiger partial charge in [-0.3, -0.25) is 9.59 Å². The quantitative estimate of drug-likeness (QED) is 0.0480. The fourth-order valence-electron chi connectivity index (χ4n) is 23.2. The van der Waals surface area contributed by atoms with Crippen LogP contribution >= 0.6 is 0 Å². The predicted octanol–water partition coefficient (Wildman–Crippen LogP) is 12.3. The third kappa shape index (κ3) is 10.2. The lowest BCUT2D eigenvalue weighted by atomic mass is 9.29. The van der Waals surface area contributed by atoms with Crippen molar-refractivity contribution >= 4 is 17.3 Å². The number of nitrogens with two attached hydrogens (primary N) is 1. The Morgan fingerprint density at radius 1 is 0.871 bits per heavy atom. The van der Waals surface area contributed by atoms with E-state index in [9.17, 15) is 25.5 Å². The van der Waals surface area contributed by atoms with Crippen LogP contribution in [0.3, 0.4) is 0 Å². The van der Waals surface area contributed by atoms with E-state index in [2.05, 4.69) is 95.5 Å². The summed E-state index contributed by atoms with van der Waals surface area (Å²) in [5.41, 5.74) is 10.0. The molecule has 2 heterocycles. The average molecular weight is 1170 g/mol. The first kappa shape index (κ1) is 61.8. The molecule has 468 valence electrons. The highest BCUT2D eigenvalue weighted by Crippen LogP contribution is 2.80. The van der Waals surface area contributed by atoms with Crippen molar-refractivity contribution in [2.75, 3.05) is 32.5 Å². The summed E-state index contributed by atoms with van der Waals surface area (Å²) < 4.78 is 6.96. The van der Waals surface area contributed by atoms with Crippen LogP contribution in [0.25, 0.3) is 0 Å². The molecule has 2 aromatic rings. The minimum atomic E-state index is -0.969. The Morgan fingerprint density at radius 3 is 2.39 bits per heavy atom. The van der Waals surface area contributed by atoms with Crippen LogP contribution in [0.5, 0.6) is 5.75 Å². The second kappa shape index (κ2) is 23.1. The number of ketones is 2. The van der Waals surface area contributed by atoms with Crippen LogP contribution in [0, 0.1) is 92.7 Å². The first-order chi connectivity index (χ1) is 40.5. The number of benzene rings is 2. The van der Waals surface area contributed by atoms with Gasteiger partial charge in [-0.25, -0.2) is 0 Å². The Balaban J connectivity index is 1.02. The molecular formula is C74H109N3O8. The molecule has 9 N–H and O–H groups in total. The van der Waals surface area contributed by atoms with Gasteiger partial charge < -0.3 is 46.6 Å². The number of β-amino-alcohol motifs (C(OH)–C–C–N with tert-alkyl or cyclic N) is 1. The molecule has 2 saturated heterocycles. The molecule has 21 atom stereocenters. The number of aromatic hydroxyl groups is 1. The van der Waals surface area contributed by atoms with Gasteiger partial charge in [-0.15, -0.1) is 0 Å². The van der Waals surface area contributed by atoms with Gasteiger partial charge in [0.15, 0.2) is 5.78 Å². The molecule has 2 aliphatic heterocycles. The molecule has 0 aromatic heterocycles. The number of epoxide rings is 1. The van der Waals surface area contributed by atoms with Crippen LogP contribution < -0.4 is 16.4 Å². The summed E-state index contributed by atoms with van der Waals surface area (Å²) in [4.78, 5) is 32.8. The number of carbonyl (C=O) groups is 2. The van der Waals surface area contributed by atoms with Gasteiger partial charge in [0.2, 0.25) is 0 Å². The van der Waals surface area contributed by atoms with Crippen LogP contribution in [0.4, 0.5) is 5.69 Å². The number of anilines is 1. The van der Waals surface area contributed by atoms with Crippen molar-refractivity contribution < 1.29 is 39.9 Å². The van der Waals surface area contributed by atoms with Crippen molar-refractivity contribution in [3.63, 3.8) is 0 Å². The number of ether oxygens (including phenoxy) is 1. The van der Waals surface area contributed by atoms with E-state index in [0.717, 1.165) is 112 Å². The van der Waals surface area contributed by atoms with Crippen molar-refractivity contribution in [2.24, 2.45) is 92.7 Å². The number of allylic oxidation sites excluding steroid dienone is 4. The van der Waals surface area contributed by atoms with E-state index in [-0.39, 0.29) is 108 Å². The van der Waals surface area contributed by atoms with Gasteiger partial charge in [0.25, 0.3) is 0 Å². The fourth-order valence-corrected chi connectivity index (χ4v) is 23.2. The van der Waals surface area contributed by atoms with Crippen molar-refractivity contribution in [2.45, 2.75) is 232 Å². The monoisotopic (exact) mass is 1170 g/mol. The fraction of sp³-hybridized carbons (Fsp3) is 0.757. The third-order valence-electron chi connectivity index (χ3n) is 26.4. The second-order valence-electron chi connectivity index (χ2n) is 32.2. The molecule has 11 nitrogen and oxygen atoms in total. The van der Waals surface area contributed by atoms with E-state index < -0.39 is 44.9 Å². The van der Waals surface area contributed by atoms with E-state index in [4.69, 9.17) is 10.5 Å². The summed E-state index contributed by atoms with van der Waals surface area (Å²) in [6.07, 6.45) is 19.9. The Labute approximate surface area is 510 Å². The van der Waals surface area contributed by atoms with Gasteiger partial charge in [0, 0.05) is 55.3 Å². The van der Waals surface area contributed by atoms with Gasteiger partial charge in [0.1, 0.15) is 17.6 Å². The molecule has 6 bridgehead atoms. The molecule has 9 aliphatic carbocycles. The number of nitrogens with one attached hydrogen (secondary N) is 2. The number of carbonyl (C=O) groups excluding carboxylic acids is 2. The van der Waals surface area contributed by atoms with Crippen LogP contribution in [0.15, 0.2) is 59.7 Å². The number of aliphatic hydroxyl groups is 4. The molecule has 0 amide bonds. The number of fused-ring (bicyclic) bond motifs is 3. The van der Waals surface area contributed by atoms with Crippen LogP contribution in [0.1, 0.15) is 211 Å². The summed E-state index contributed by atoms with van der Waals surface area (Å²) >= 11 is 0. The lowest BCUT2D eigenvalue weighted by Crippen LogP contribution is -2.75. The van der Waals surface area contributed by atoms with Crippen LogP contribution in [0.2, 0.25) is 0 Å². The number of phenols is 1. The number of Topliss-reactive ketones (excluding diaryl/α,β-unsaturated/α-hetero) is 2. The standard InChI is InChI=1S/C74H109N3O8/c1-42(2)17-19-48-32-47-20-18-44(39-78)31-54(47)55(35-61(81)68-72(8,85-68)56-15-12-14-53(56)49-27-45(26-43(3)4)29-51(75)33-49)65-57-21-22-63-71(7)58-16-13-25-73(67(83)64(58)50-28-46(38-76-9)30-52(80)34-50)24-11-10-23-69(5,84)41-77-60(66(71)73)36-74(63,59(48)40-79)70(57,6)37-62(65)82/h13,16,27-30,33-34,42-44,47-48,53-56,58-61,63-64,66,68,76-81,84H,10-12,14-15,17-26,31-32,35-41,75H2,1-9H3/t44-,47+,48-,53-,54-,55-,56+,58-,59+,60-,61+,63+,64+,66+,68+,69-,70-,71-,72+,73-,74+/m0/s1. The highest BCUT2D eigenvalue weighted by atomic mass is 16.6. The maximum Gasteiger partial charge on any atom is 0.160 e. The van der Waals surface area contributed by atoms with E-state index in [1.165, 1.54) is 16.7 Å². The maximum atomic E-state index is 16.5. The third-order valence-corrected chi connectivity index (χ3v) is 26.4. The predicted molar refractivity (Wildman–Crippen MR) is 336 cm³/mol. The molecule has 85 heavy (non-hydrogen) atoms. The largest absolute Gasteiger partial charge is 0.508 e. The zero-order chi connectivity index (χ0) is 60.3. The molecule has 13 rings (SSSR count). The SMILES string of the molecule is CNCc1cc(O)cc([C@H]2C(=O)[C@]34CC=C[C@@H]2[C@@]2(C)[C@H]5CCC6=C7C(=O)C[C@]6(C)[C@]5(C[C@H](NC[C@@](C)(O)CCCC3)[C@@H]42)[C@H](CO)[C@@H](CCC(C)C)C[C@H]2CC[C@H](CO)C[C@@H]2[C@@H]7C[C@@H](O)[C@H]2O[C@]2(C)[C@@H]2CCC[C@H]2c2cc(N)cc(CC(C)C)c2)c1. The number of nitrogen functional groups attached to an aromatic ring is 1. The summed E-state index contributed by atoms with van der Waals surface area (Å²) in [6, 6.07) is 12.3. The van der Waals surface area contributed by atoms with Crippen molar-refractivity contribution in [3.05, 3.63) is 82.0 Å². The number of hydrogen-bond donors (Lipinski definition) is 8. The molecule has 11 aliphatic rings. The zero-order valence-electron chi connectivity index (χ0n) is 53.4. The van der Waals surface area contributed by atoms with Gasteiger partial charge >= 0.3 is 0 Å². The molecule has 0 radical (unpaired) electrons. The van der Waals surface area contributed by atoms with Gasteiger partial charge in [-0.05, 0) is 257 Å². The summed E-state index contributed by atoms with van der Waals surface area (Å²) in [7, 11) is 1.91.